The van der Waals surface area contributed by atoms with Gasteiger partial charge >= 0.3 is 0 Å². The number of nitrogens with one attached hydrogen (secondary N) is 2. The number of hydrazone groups is 1. The third-order valence-electron chi connectivity index (χ3n) is 3.89. The van der Waals surface area contributed by atoms with Crippen LogP contribution in [0.4, 0.5) is 5.69 Å². The number of hydrogen-bond acceptors (Lipinski definition) is 3. The number of para-hydroxylation sites is 2. The number of H-pyrrole nitrogens is 1. The van der Waals surface area contributed by atoms with Crippen LogP contribution in [0.3, 0.4) is 0 Å². The molecule has 0 saturated carbocycles. The molecule has 0 spiro atoms. The molecule has 0 fully saturated rings. The topological polar surface area (TPSA) is 53.1 Å². The van der Waals surface area contributed by atoms with Crippen LogP contribution in [0, 0.1) is 0 Å². The van der Waals surface area contributed by atoms with Crippen LogP contribution in [-0.4, -0.2) is 16.2 Å². The van der Waals surface area contributed by atoms with Crippen LogP contribution in [-0.2, 0) is 0 Å². The van der Waals surface area contributed by atoms with E-state index in [9.17, 15) is 0 Å². The minimum atomic E-state index is 1.05. The zero-order valence-corrected chi connectivity index (χ0v) is 13.0. The molecule has 2 aromatic carbocycles. The maximum atomic E-state index is 4.08. The number of anilines is 1. The SMILES string of the molecule is C1=Cc2ccccc2NN=C1.c1ccc2c(c1)[nH]c1cnccc12. The van der Waals surface area contributed by atoms with Gasteiger partial charge in [-0.2, -0.15) is 5.10 Å². The Morgan fingerprint density at radius 1 is 0.792 bits per heavy atom. The van der Waals surface area contributed by atoms with Gasteiger partial charge in [0, 0.05) is 28.7 Å². The van der Waals surface area contributed by atoms with Gasteiger partial charge in [-0.25, -0.2) is 0 Å². The zero-order chi connectivity index (χ0) is 16.2. The predicted octanol–water partition coefficient (Wildman–Crippen LogP) is 4.83. The molecule has 4 heteroatoms. The van der Waals surface area contributed by atoms with Gasteiger partial charge in [0.05, 0.1) is 17.4 Å². The highest BCUT2D eigenvalue weighted by molar-refractivity contribution is 6.06. The highest BCUT2D eigenvalue weighted by Gasteiger charge is 2.01. The van der Waals surface area contributed by atoms with Crippen LogP contribution < -0.4 is 5.43 Å². The molecule has 3 heterocycles. The molecule has 1 aliphatic heterocycles. The van der Waals surface area contributed by atoms with E-state index in [1.54, 1.807) is 6.21 Å². The van der Waals surface area contributed by atoms with Crippen LogP contribution in [0.5, 0.6) is 0 Å². The summed E-state index contributed by atoms with van der Waals surface area (Å²) in [5, 5.41) is 6.46. The third kappa shape index (κ3) is 2.77. The normalized spacial score (nSPS) is 12.2. The Labute approximate surface area is 139 Å². The molecule has 2 aromatic heterocycles. The van der Waals surface area contributed by atoms with Crippen molar-refractivity contribution in [1.82, 2.24) is 9.97 Å². The largest absolute Gasteiger partial charge is 0.353 e. The lowest BCUT2D eigenvalue weighted by atomic mass is 10.2. The number of fused-ring (bicyclic) bond motifs is 4. The van der Waals surface area contributed by atoms with E-state index >= 15 is 0 Å². The van der Waals surface area contributed by atoms with Crippen LogP contribution in [0.15, 0.2) is 78.2 Å². The first-order chi connectivity index (χ1) is 11.9. The number of allylic oxidation sites excluding steroid dienone is 1. The molecule has 24 heavy (non-hydrogen) atoms. The molecule has 0 bridgehead atoms. The van der Waals surface area contributed by atoms with Crippen LogP contribution in [0.2, 0.25) is 0 Å². The number of aromatic nitrogens is 2. The summed E-state index contributed by atoms with van der Waals surface area (Å²) in [5.74, 6) is 0. The van der Waals surface area contributed by atoms with E-state index in [1.165, 1.54) is 21.9 Å². The fourth-order valence-electron chi connectivity index (χ4n) is 2.74. The predicted molar refractivity (Wildman–Crippen MR) is 101 cm³/mol. The van der Waals surface area contributed by atoms with Crippen LogP contribution in [0.25, 0.3) is 27.9 Å². The molecule has 0 amide bonds. The van der Waals surface area contributed by atoms with E-state index in [2.05, 4.69) is 38.7 Å². The molecule has 4 aromatic rings. The molecule has 0 aliphatic carbocycles. The van der Waals surface area contributed by atoms with Gasteiger partial charge in [0.2, 0.25) is 0 Å². The van der Waals surface area contributed by atoms with Crippen molar-refractivity contribution in [3.63, 3.8) is 0 Å². The maximum absolute atomic E-state index is 4.08. The number of hydrogen-bond donors (Lipinski definition) is 2. The molecule has 116 valence electrons. The Bertz CT molecular complexity index is 993. The molecule has 0 unspecified atom stereocenters. The first-order valence-electron chi connectivity index (χ1n) is 7.77. The van der Waals surface area contributed by atoms with Gasteiger partial charge in [-0.05, 0) is 29.8 Å². The van der Waals surface area contributed by atoms with Crippen LogP contribution >= 0.6 is 0 Å². The van der Waals surface area contributed by atoms with Crippen molar-refractivity contribution in [3.05, 3.63) is 78.6 Å². The molecule has 0 atom stereocenters. The summed E-state index contributed by atoms with van der Waals surface area (Å²) in [7, 11) is 0. The van der Waals surface area contributed by atoms with Crippen molar-refractivity contribution >= 4 is 39.8 Å². The monoisotopic (exact) mass is 312 g/mol. The van der Waals surface area contributed by atoms with Gasteiger partial charge in [0.25, 0.3) is 0 Å². The summed E-state index contributed by atoms with van der Waals surface area (Å²) < 4.78 is 0. The van der Waals surface area contributed by atoms with E-state index in [-0.39, 0.29) is 0 Å². The third-order valence-corrected chi connectivity index (χ3v) is 3.89. The van der Waals surface area contributed by atoms with E-state index in [0.717, 1.165) is 11.2 Å². The fourth-order valence-corrected chi connectivity index (χ4v) is 2.74. The van der Waals surface area contributed by atoms with Gasteiger partial charge in [-0.3, -0.25) is 10.4 Å². The van der Waals surface area contributed by atoms with Crippen molar-refractivity contribution in [3.8, 4) is 0 Å². The van der Waals surface area contributed by atoms with Gasteiger partial charge in [-0.15, -0.1) is 0 Å². The number of rotatable bonds is 0. The molecular formula is C20H16N4. The van der Waals surface area contributed by atoms with Gasteiger partial charge in [0.1, 0.15) is 0 Å². The molecule has 1 aliphatic rings. The van der Waals surface area contributed by atoms with Crippen molar-refractivity contribution in [1.29, 1.82) is 0 Å². The molecule has 0 saturated heterocycles. The Hall–Kier alpha value is -3.40. The second-order valence-electron chi connectivity index (χ2n) is 5.43. The summed E-state index contributed by atoms with van der Waals surface area (Å²) in [6.45, 7) is 0. The van der Waals surface area contributed by atoms with Crippen molar-refractivity contribution in [2.75, 3.05) is 5.43 Å². The number of nitrogens with zero attached hydrogens (tertiary/aromatic N) is 2. The lowest BCUT2D eigenvalue weighted by Crippen LogP contribution is -1.87. The van der Waals surface area contributed by atoms with E-state index in [1.807, 2.05) is 60.9 Å². The van der Waals surface area contributed by atoms with Gasteiger partial charge in [-0.1, -0.05) is 42.5 Å². The van der Waals surface area contributed by atoms with Crippen molar-refractivity contribution in [2.24, 2.45) is 5.10 Å². The quantitative estimate of drug-likeness (QED) is 0.489. The first kappa shape index (κ1) is 14.2. The van der Waals surface area contributed by atoms with E-state index < -0.39 is 0 Å². The van der Waals surface area contributed by atoms with Crippen molar-refractivity contribution < 1.29 is 0 Å². The molecule has 4 nitrogen and oxygen atoms in total. The van der Waals surface area contributed by atoms with Gasteiger partial charge < -0.3 is 4.98 Å². The van der Waals surface area contributed by atoms with Gasteiger partial charge in [0.15, 0.2) is 0 Å². The summed E-state index contributed by atoms with van der Waals surface area (Å²) >= 11 is 0. The lowest BCUT2D eigenvalue weighted by Gasteiger charge is -2.00. The molecule has 5 rings (SSSR count). The summed E-state index contributed by atoms with van der Waals surface area (Å²) in [6, 6.07) is 18.4. The average molecular weight is 312 g/mol. The fraction of sp³-hybridized carbons (Fsp3) is 0. The molecule has 2 N–H and O–H groups in total. The van der Waals surface area contributed by atoms with Crippen molar-refractivity contribution in [2.45, 2.75) is 0 Å². The first-order valence-corrected chi connectivity index (χ1v) is 7.77. The Kier molecular flexibility index (Phi) is 3.78. The van der Waals surface area contributed by atoms with E-state index in [0.29, 0.717) is 0 Å². The minimum Gasteiger partial charge on any atom is -0.353 e. The number of pyridine rings is 1. The average Bonchev–Trinajstić information content (AvgIpc) is 2.84. The maximum Gasteiger partial charge on any atom is 0.0651 e. The zero-order valence-electron chi connectivity index (χ0n) is 13.0. The summed E-state index contributed by atoms with van der Waals surface area (Å²) in [4.78, 5) is 7.39. The van der Waals surface area contributed by atoms with E-state index in [4.69, 9.17) is 0 Å². The Balaban J connectivity index is 0.000000123. The standard InChI is InChI=1S/C11H8N2.C9H8N2/c1-2-4-10-8(3-1)9-5-6-12-7-11(9)13-10;1-2-6-9-8(4-1)5-3-7-10-11-9/h1-7,13H;1-7,11H. The molecule has 0 radical (unpaired) electrons. The number of benzene rings is 2. The minimum absolute atomic E-state index is 1.05. The number of aromatic amines is 1. The smallest absolute Gasteiger partial charge is 0.0651 e. The summed E-state index contributed by atoms with van der Waals surface area (Å²) in [5.41, 5.74) is 7.43. The Morgan fingerprint density at radius 2 is 1.62 bits per heavy atom. The highest BCUT2D eigenvalue weighted by Crippen LogP contribution is 2.23. The second-order valence-corrected chi connectivity index (χ2v) is 5.43. The lowest BCUT2D eigenvalue weighted by molar-refractivity contribution is 1.35. The second kappa shape index (κ2) is 6.38. The van der Waals surface area contributed by atoms with Crippen LogP contribution in [0.1, 0.15) is 5.56 Å². The molecular weight excluding hydrogens is 296 g/mol. The Morgan fingerprint density at radius 3 is 2.62 bits per heavy atom. The highest BCUT2D eigenvalue weighted by atomic mass is 15.3. The summed E-state index contributed by atoms with van der Waals surface area (Å²) in [6.07, 6.45) is 9.36.